The summed E-state index contributed by atoms with van der Waals surface area (Å²) in [4.78, 5) is 14.3. The average molecular weight is 233 g/mol. The Labute approximate surface area is 99.5 Å². The molecule has 2 aromatic rings. The summed E-state index contributed by atoms with van der Waals surface area (Å²) in [5.41, 5.74) is 1.87. The van der Waals surface area contributed by atoms with Gasteiger partial charge in [0.25, 0.3) is 0 Å². The molecule has 0 bridgehead atoms. The van der Waals surface area contributed by atoms with Gasteiger partial charge in [0.1, 0.15) is 17.3 Å². The van der Waals surface area contributed by atoms with Crippen molar-refractivity contribution in [3.63, 3.8) is 0 Å². The summed E-state index contributed by atoms with van der Waals surface area (Å²) in [5.74, 6) is 1.58. The van der Waals surface area contributed by atoms with E-state index in [2.05, 4.69) is 4.98 Å². The topological polar surface area (TPSA) is 51.3 Å². The summed E-state index contributed by atoms with van der Waals surface area (Å²) in [6.45, 7) is 1.58. The number of Topliss-reactive ketones (excluding diaryl/α,β-unsaturated/α-hetero) is 1. The van der Waals surface area contributed by atoms with Crippen LogP contribution < -0.4 is 9.47 Å². The van der Waals surface area contributed by atoms with Crippen LogP contribution in [0.4, 0.5) is 0 Å². The second-order valence-corrected chi connectivity index (χ2v) is 3.94. The highest BCUT2D eigenvalue weighted by atomic mass is 16.5. The number of benzene rings is 1. The number of methoxy groups -OCH3 is 2. The molecule has 0 radical (unpaired) electrons. The van der Waals surface area contributed by atoms with Crippen LogP contribution in [0.25, 0.3) is 10.9 Å². The van der Waals surface area contributed by atoms with Gasteiger partial charge in [-0.25, -0.2) is 0 Å². The number of ether oxygens (including phenoxy) is 2. The lowest BCUT2D eigenvalue weighted by Gasteiger charge is -2.07. The number of carbonyl (C=O) groups excluding carboxylic acids is 1. The molecule has 0 aliphatic heterocycles. The van der Waals surface area contributed by atoms with E-state index in [9.17, 15) is 4.79 Å². The van der Waals surface area contributed by atoms with E-state index in [0.717, 1.165) is 28.0 Å². The van der Waals surface area contributed by atoms with Gasteiger partial charge >= 0.3 is 0 Å². The first-order valence-electron chi connectivity index (χ1n) is 5.37. The zero-order chi connectivity index (χ0) is 12.4. The molecule has 0 unspecified atom stereocenters. The van der Waals surface area contributed by atoms with E-state index >= 15 is 0 Å². The lowest BCUT2D eigenvalue weighted by molar-refractivity contribution is -0.116. The Morgan fingerprint density at radius 3 is 2.65 bits per heavy atom. The van der Waals surface area contributed by atoms with Crippen LogP contribution in [0, 0.1) is 0 Å². The number of ketones is 1. The van der Waals surface area contributed by atoms with Crippen molar-refractivity contribution in [2.45, 2.75) is 13.3 Å². The molecule has 0 spiro atoms. The molecule has 0 aliphatic carbocycles. The first-order chi connectivity index (χ1) is 8.15. The maximum atomic E-state index is 11.2. The average Bonchev–Trinajstić information content (AvgIpc) is 2.70. The van der Waals surface area contributed by atoms with Crippen molar-refractivity contribution in [3.8, 4) is 11.5 Å². The third-order valence-electron chi connectivity index (χ3n) is 2.69. The maximum Gasteiger partial charge on any atom is 0.134 e. The molecule has 0 aliphatic rings. The van der Waals surface area contributed by atoms with E-state index in [1.807, 2.05) is 18.3 Å². The van der Waals surface area contributed by atoms with Gasteiger partial charge in [-0.05, 0) is 12.5 Å². The number of aromatic nitrogens is 1. The van der Waals surface area contributed by atoms with Crippen LogP contribution in [0.1, 0.15) is 12.5 Å². The third-order valence-corrected chi connectivity index (χ3v) is 2.69. The number of hydrogen-bond donors (Lipinski definition) is 1. The molecule has 0 atom stereocenters. The SMILES string of the molecule is COc1cc(OC)c2c(CC(C)=O)c[nH]c2c1. The summed E-state index contributed by atoms with van der Waals surface area (Å²) >= 11 is 0. The molecular weight excluding hydrogens is 218 g/mol. The molecule has 1 aromatic heterocycles. The van der Waals surface area contributed by atoms with Crippen molar-refractivity contribution in [3.05, 3.63) is 23.9 Å². The van der Waals surface area contributed by atoms with E-state index in [-0.39, 0.29) is 5.78 Å². The van der Waals surface area contributed by atoms with E-state index in [1.54, 1.807) is 21.1 Å². The highest BCUT2D eigenvalue weighted by Gasteiger charge is 2.12. The fraction of sp³-hybridized carbons (Fsp3) is 0.308. The quantitative estimate of drug-likeness (QED) is 0.881. The van der Waals surface area contributed by atoms with Crippen molar-refractivity contribution in [1.82, 2.24) is 4.98 Å². The van der Waals surface area contributed by atoms with Crippen LogP contribution in [0.5, 0.6) is 11.5 Å². The van der Waals surface area contributed by atoms with Gasteiger partial charge < -0.3 is 14.5 Å². The Hall–Kier alpha value is -1.97. The highest BCUT2D eigenvalue weighted by molar-refractivity contribution is 5.94. The smallest absolute Gasteiger partial charge is 0.134 e. The molecule has 17 heavy (non-hydrogen) atoms. The molecule has 90 valence electrons. The molecule has 1 heterocycles. The Morgan fingerprint density at radius 1 is 1.29 bits per heavy atom. The standard InChI is InChI=1S/C13H15NO3/c1-8(15)4-9-7-14-11-5-10(16-2)6-12(17-3)13(9)11/h5-7,14H,4H2,1-3H3. The second kappa shape index (κ2) is 4.49. The van der Waals surface area contributed by atoms with E-state index in [1.165, 1.54) is 0 Å². The fourth-order valence-electron chi connectivity index (χ4n) is 1.96. The van der Waals surface area contributed by atoms with Gasteiger partial charge in [0, 0.05) is 30.1 Å². The Kier molecular flexibility index (Phi) is 3.04. The van der Waals surface area contributed by atoms with Gasteiger partial charge in [0.05, 0.1) is 19.7 Å². The largest absolute Gasteiger partial charge is 0.497 e. The van der Waals surface area contributed by atoms with Gasteiger partial charge in [-0.2, -0.15) is 0 Å². The number of rotatable bonds is 4. The van der Waals surface area contributed by atoms with Crippen molar-refractivity contribution in [2.24, 2.45) is 0 Å². The van der Waals surface area contributed by atoms with Gasteiger partial charge in [-0.15, -0.1) is 0 Å². The van der Waals surface area contributed by atoms with E-state index < -0.39 is 0 Å². The monoisotopic (exact) mass is 233 g/mol. The normalized spacial score (nSPS) is 10.5. The summed E-state index contributed by atoms with van der Waals surface area (Å²) in [7, 11) is 3.22. The van der Waals surface area contributed by atoms with Crippen LogP contribution in [-0.4, -0.2) is 25.0 Å². The van der Waals surface area contributed by atoms with Gasteiger partial charge in [-0.3, -0.25) is 4.79 Å². The molecule has 2 rings (SSSR count). The van der Waals surface area contributed by atoms with Crippen LogP contribution >= 0.6 is 0 Å². The number of nitrogens with one attached hydrogen (secondary N) is 1. The van der Waals surface area contributed by atoms with Gasteiger partial charge in [0.15, 0.2) is 0 Å². The molecule has 0 fully saturated rings. The minimum Gasteiger partial charge on any atom is -0.497 e. The Balaban J connectivity index is 2.61. The van der Waals surface area contributed by atoms with Crippen molar-refractivity contribution in [2.75, 3.05) is 14.2 Å². The molecule has 0 saturated heterocycles. The minimum absolute atomic E-state index is 0.128. The third kappa shape index (κ3) is 2.11. The van der Waals surface area contributed by atoms with Crippen LogP contribution in [0.2, 0.25) is 0 Å². The molecule has 0 amide bonds. The summed E-state index contributed by atoms with van der Waals surface area (Å²) < 4.78 is 10.5. The number of fused-ring (bicyclic) bond motifs is 1. The highest BCUT2D eigenvalue weighted by Crippen LogP contribution is 2.33. The molecule has 1 N–H and O–H groups in total. The summed E-state index contributed by atoms with van der Waals surface area (Å²) in [6, 6.07) is 3.71. The van der Waals surface area contributed by atoms with Crippen LogP contribution in [0.15, 0.2) is 18.3 Å². The first-order valence-corrected chi connectivity index (χ1v) is 5.37. The van der Waals surface area contributed by atoms with Crippen LogP contribution in [0.3, 0.4) is 0 Å². The lowest BCUT2D eigenvalue weighted by atomic mass is 10.1. The number of aromatic amines is 1. The van der Waals surface area contributed by atoms with E-state index in [0.29, 0.717) is 6.42 Å². The lowest BCUT2D eigenvalue weighted by Crippen LogP contribution is -1.96. The molecule has 1 aromatic carbocycles. The number of H-pyrrole nitrogens is 1. The number of hydrogen-bond acceptors (Lipinski definition) is 3. The Morgan fingerprint density at radius 2 is 2.06 bits per heavy atom. The molecule has 4 heteroatoms. The maximum absolute atomic E-state index is 11.2. The predicted octanol–water partition coefficient (Wildman–Crippen LogP) is 2.32. The zero-order valence-corrected chi connectivity index (χ0v) is 10.2. The van der Waals surface area contributed by atoms with Crippen LogP contribution in [-0.2, 0) is 11.2 Å². The van der Waals surface area contributed by atoms with Gasteiger partial charge in [-0.1, -0.05) is 0 Å². The molecular formula is C13H15NO3. The van der Waals surface area contributed by atoms with Crippen molar-refractivity contribution in [1.29, 1.82) is 0 Å². The second-order valence-electron chi connectivity index (χ2n) is 3.94. The fourth-order valence-corrected chi connectivity index (χ4v) is 1.96. The molecule has 4 nitrogen and oxygen atoms in total. The summed E-state index contributed by atoms with van der Waals surface area (Å²) in [5, 5.41) is 0.948. The van der Waals surface area contributed by atoms with E-state index in [4.69, 9.17) is 9.47 Å². The van der Waals surface area contributed by atoms with Crippen molar-refractivity contribution < 1.29 is 14.3 Å². The first kappa shape index (κ1) is 11.5. The summed E-state index contributed by atoms with van der Waals surface area (Å²) in [6.07, 6.45) is 2.25. The minimum atomic E-state index is 0.128. The van der Waals surface area contributed by atoms with Crippen molar-refractivity contribution >= 4 is 16.7 Å². The molecule has 0 saturated carbocycles. The Bertz CT molecular complexity index is 557. The zero-order valence-electron chi connectivity index (χ0n) is 10.2. The van der Waals surface area contributed by atoms with Gasteiger partial charge in [0.2, 0.25) is 0 Å². The number of carbonyl (C=O) groups is 1. The predicted molar refractivity (Wildman–Crippen MR) is 65.8 cm³/mol.